The summed E-state index contributed by atoms with van der Waals surface area (Å²) in [6, 6.07) is 0. The zero-order valence-electron chi connectivity index (χ0n) is 59.6. The van der Waals surface area contributed by atoms with E-state index >= 15 is 0 Å². The number of unbranched alkanes of at least 4 members (excludes halogenated alkanes) is 29. The Hall–Kier alpha value is -3.79. The predicted octanol–water partition coefficient (Wildman–Crippen LogP) is 21.2. The molecule has 0 saturated heterocycles. The molecule has 95 heavy (non-hydrogen) atoms. The van der Waals surface area contributed by atoms with Gasteiger partial charge in [0.25, 0.3) is 0 Å². The maximum Gasteiger partial charge on any atom is 0.472 e. The lowest BCUT2D eigenvalue weighted by Crippen LogP contribution is -2.30. The van der Waals surface area contributed by atoms with Gasteiger partial charge in [0.2, 0.25) is 0 Å². The quantitative estimate of drug-likeness (QED) is 0.0146. The van der Waals surface area contributed by atoms with Crippen LogP contribution in [0.1, 0.15) is 303 Å². The van der Waals surface area contributed by atoms with Gasteiger partial charge in [0.15, 0.2) is 6.10 Å². The van der Waals surface area contributed by atoms with E-state index in [-0.39, 0.29) is 19.3 Å². The Balaban J connectivity index is 4.42. The molecule has 0 aromatic carbocycles. The van der Waals surface area contributed by atoms with Crippen molar-refractivity contribution in [1.29, 1.82) is 0 Å². The fraction of sp³-hybridized carbons (Fsp3) is 0.727. The van der Waals surface area contributed by atoms with Crippen molar-refractivity contribution in [3.8, 4) is 0 Å². The molecule has 0 radical (unpaired) electrons. The number of aliphatic hydroxyl groups excluding tert-OH is 2. The lowest BCUT2D eigenvalue weighted by molar-refractivity contribution is -0.161. The van der Waals surface area contributed by atoms with Crippen molar-refractivity contribution in [3.63, 3.8) is 0 Å². The molecule has 0 fully saturated rings. The Morgan fingerprint density at radius 3 is 0.884 bits per heavy atom. The molecule has 5 unspecified atom stereocenters. The molecular formula is C77H134O16P2. The summed E-state index contributed by atoms with van der Waals surface area (Å²) in [7, 11) is -9.78. The van der Waals surface area contributed by atoms with Crippen molar-refractivity contribution in [2.45, 2.75) is 322 Å². The third kappa shape index (κ3) is 71.3. The summed E-state index contributed by atoms with van der Waals surface area (Å²) in [5, 5.41) is 20.6. The summed E-state index contributed by atoms with van der Waals surface area (Å²) >= 11 is 0. The molecule has 5 atom stereocenters. The van der Waals surface area contributed by atoms with Crippen LogP contribution in [0.3, 0.4) is 0 Å². The van der Waals surface area contributed by atoms with Gasteiger partial charge in [-0.3, -0.25) is 32.5 Å². The first kappa shape index (κ1) is 91.2. The highest BCUT2D eigenvalue weighted by Gasteiger charge is 2.29. The molecule has 0 bridgehead atoms. The van der Waals surface area contributed by atoms with Gasteiger partial charge in [-0.05, 0) is 103 Å². The number of hydrogen-bond donors (Lipinski definition) is 4. The Morgan fingerprint density at radius 2 is 0.558 bits per heavy atom. The second-order valence-electron chi connectivity index (χ2n) is 24.7. The van der Waals surface area contributed by atoms with Gasteiger partial charge in [0.1, 0.15) is 25.4 Å². The zero-order valence-corrected chi connectivity index (χ0v) is 61.4. The number of aliphatic hydroxyl groups is 2. The summed E-state index contributed by atoms with van der Waals surface area (Å²) in [5.41, 5.74) is 0. The SMILES string of the molecule is CC/C=C\C/C=C\C/C=C\C/C=C\C/C=C\C/C=C\CCCCCCCCCCCCCCC(=O)OCC(O)COP(=O)(O)OCC(O)COP(=O)(O)OCC(COC(=O)CCCCCCC/C=C\C/C=C\C/C=C\CC)OC(=O)CCCCCCCCCCCCCCC. The van der Waals surface area contributed by atoms with Crippen molar-refractivity contribution in [3.05, 3.63) is 109 Å². The minimum Gasteiger partial charge on any atom is -0.463 e. The van der Waals surface area contributed by atoms with Crippen LogP contribution in [-0.2, 0) is 55.8 Å². The van der Waals surface area contributed by atoms with E-state index in [1.807, 2.05) is 0 Å². The third-order valence-electron chi connectivity index (χ3n) is 15.5. The molecule has 0 spiro atoms. The van der Waals surface area contributed by atoms with Crippen LogP contribution in [0.4, 0.5) is 0 Å². The topological polar surface area (TPSA) is 231 Å². The van der Waals surface area contributed by atoms with Crippen molar-refractivity contribution >= 4 is 33.6 Å². The van der Waals surface area contributed by atoms with Crippen LogP contribution in [0.2, 0.25) is 0 Å². The van der Waals surface area contributed by atoms with E-state index in [0.29, 0.717) is 19.3 Å². The van der Waals surface area contributed by atoms with Crippen LogP contribution in [0.15, 0.2) is 109 Å². The number of carbonyl (C=O) groups is 3. The molecule has 0 heterocycles. The van der Waals surface area contributed by atoms with Crippen molar-refractivity contribution in [2.24, 2.45) is 0 Å². The summed E-state index contributed by atoms with van der Waals surface area (Å²) in [6.45, 7) is 2.44. The molecule has 0 aliphatic heterocycles. The number of carbonyl (C=O) groups excluding carboxylic acids is 3. The molecule has 0 amide bonds. The van der Waals surface area contributed by atoms with E-state index in [4.69, 9.17) is 32.3 Å². The Bertz CT molecular complexity index is 2170. The van der Waals surface area contributed by atoms with Gasteiger partial charge in [-0.1, -0.05) is 291 Å². The minimum absolute atomic E-state index is 0.104. The van der Waals surface area contributed by atoms with Crippen molar-refractivity contribution in [1.82, 2.24) is 0 Å². The van der Waals surface area contributed by atoms with Gasteiger partial charge >= 0.3 is 33.6 Å². The van der Waals surface area contributed by atoms with E-state index in [1.165, 1.54) is 103 Å². The van der Waals surface area contributed by atoms with Gasteiger partial charge in [0.05, 0.1) is 26.4 Å². The van der Waals surface area contributed by atoms with E-state index in [2.05, 4.69) is 130 Å². The van der Waals surface area contributed by atoms with Crippen LogP contribution in [-0.4, -0.2) is 95.9 Å². The van der Waals surface area contributed by atoms with Gasteiger partial charge < -0.3 is 34.2 Å². The van der Waals surface area contributed by atoms with Gasteiger partial charge in [-0.2, -0.15) is 0 Å². The second-order valence-corrected chi connectivity index (χ2v) is 27.6. The van der Waals surface area contributed by atoms with Crippen LogP contribution in [0.25, 0.3) is 0 Å². The fourth-order valence-electron chi connectivity index (χ4n) is 9.88. The van der Waals surface area contributed by atoms with Crippen molar-refractivity contribution in [2.75, 3.05) is 39.6 Å². The molecule has 0 saturated carbocycles. The van der Waals surface area contributed by atoms with E-state index in [1.54, 1.807) is 0 Å². The maximum atomic E-state index is 12.9. The summed E-state index contributed by atoms with van der Waals surface area (Å²) in [5.74, 6) is -1.59. The molecule has 4 N–H and O–H groups in total. The number of allylic oxidation sites excluding steroid dienone is 18. The summed E-state index contributed by atoms with van der Waals surface area (Å²) < 4.78 is 60.9. The highest BCUT2D eigenvalue weighted by atomic mass is 31.2. The first-order valence-corrected chi connectivity index (χ1v) is 40.2. The predicted molar refractivity (Wildman–Crippen MR) is 390 cm³/mol. The molecular weight excluding hydrogens is 1240 g/mol. The first-order chi connectivity index (χ1) is 46.2. The van der Waals surface area contributed by atoms with E-state index in [9.17, 15) is 43.5 Å². The van der Waals surface area contributed by atoms with Crippen molar-refractivity contribution < 1.29 is 75.8 Å². The highest BCUT2D eigenvalue weighted by molar-refractivity contribution is 7.47. The third-order valence-corrected chi connectivity index (χ3v) is 17.4. The number of phosphoric ester groups is 2. The smallest absolute Gasteiger partial charge is 0.463 e. The fourth-order valence-corrected chi connectivity index (χ4v) is 11.5. The number of phosphoric acid groups is 2. The number of esters is 3. The summed E-state index contributed by atoms with van der Waals surface area (Å²) in [4.78, 5) is 58.4. The molecule has 548 valence electrons. The monoisotopic (exact) mass is 1380 g/mol. The molecule has 18 heteroatoms. The van der Waals surface area contributed by atoms with Gasteiger partial charge in [0, 0.05) is 19.3 Å². The lowest BCUT2D eigenvalue weighted by atomic mass is 10.0. The highest BCUT2D eigenvalue weighted by Crippen LogP contribution is 2.45. The summed E-state index contributed by atoms with van der Waals surface area (Å²) in [6.07, 6.45) is 80.1. The Labute approximate surface area is 577 Å². The molecule has 16 nitrogen and oxygen atoms in total. The van der Waals surface area contributed by atoms with Gasteiger partial charge in [-0.25, -0.2) is 9.13 Å². The molecule has 0 aliphatic carbocycles. The molecule has 0 rings (SSSR count). The van der Waals surface area contributed by atoms with E-state index < -0.39 is 91.5 Å². The maximum absolute atomic E-state index is 12.9. The standard InChI is InChI=1S/C77H134O16P2/c1-4-7-10-13-16-19-22-25-27-28-29-30-31-32-33-34-35-36-37-38-39-40-41-42-44-47-48-51-54-57-60-63-75(80)87-66-72(78)67-89-94(83,84)90-68-73(79)69-91-95(85,86)92-71-74(93-77(82)65-62-59-56-53-50-45-24-21-18-15-12-9-6-3)70-88-76(81)64-61-58-55-52-49-46-43-26-23-20-17-14-11-8-5-2/h7-8,10-11,16-17,19-20,25-27,29-30,32-33,35-36,43,72-74,78-79H,4-6,9,12-15,18,21-24,28,31,34,37-42,44-71H2,1-3H3,(H,83,84)(H,85,86)/b10-7-,11-8-,19-16-,20-17-,27-25-,30-29-,33-32-,36-35-,43-26-. The first-order valence-electron chi connectivity index (χ1n) is 37.2. The average molecular weight is 1380 g/mol. The number of hydrogen-bond acceptors (Lipinski definition) is 14. The second kappa shape index (κ2) is 70.1. The Kier molecular flexibility index (Phi) is 67.3. The lowest BCUT2D eigenvalue weighted by Gasteiger charge is -2.21. The number of ether oxygens (including phenoxy) is 3. The van der Waals surface area contributed by atoms with Crippen LogP contribution < -0.4 is 0 Å². The molecule has 0 aliphatic rings. The Morgan fingerprint density at radius 1 is 0.305 bits per heavy atom. The van der Waals surface area contributed by atoms with Crippen LogP contribution in [0.5, 0.6) is 0 Å². The number of rotatable bonds is 70. The molecule has 0 aromatic heterocycles. The van der Waals surface area contributed by atoms with E-state index in [0.717, 1.165) is 141 Å². The minimum atomic E-state index is -4.92. The molecule has 0 aromatic rings. The normalized spacial score (nSPS) is 14.7. The van der Waals surface area contributed by atoms with Crippen LogP contribution in [0, 0.1) is 0 Å². The zero-order chi connectivity index (χ0) is 69.5. The van der Waals surface area contributed by atoms with Gasteiger partial charge in [-0.15, -0.1) is 0 Å². The largest absolute Gasteiger partial charge is 0.472 e. The van der Waals surface area contributed by atoms with Crippen LogP contribution >= 0.6 is 15.6 Å². The average Bonchev–Trinajstić information content (AvgIpc) is 1.75.